The van der Waals surface area contributed by atoms with Gasteiger partial charge in [0, 0.05) is 18.7 Å². The molecule has 0 radical (unpaired) electrons. The van der Waals surface area contributed by atoms with Crippen LogP contribution in [0.1, 0.15) is 28.4 Å². The zero-order chi connectivity index (χ0) is 22.5. The first kappa shape index (κ1) is 21.6. The van der Waals surface area contributed by atoms with E-state index >= 15 is 0 Å². The van der Waals surface area contributed by atoms with Crippen LogP contribution in [0.25, 0.3) is 0 Å². The van der Waals surface area contributed by atoms with Crippen molar-refractivity contribution in [2.24, 2.45) is 0 Å². The summed E-state index contributed by atoms with van der Waals surface area (Å²) in [4.78, 5) is 15.2. The van der Waals surface area contributed by atoms with E-state index in [1.54, 1.807) is 20.3 Å². The third-order valence-corrected chi connectivity index (χ3v) is 5.64. The van der Waals surface area contributed by atoms with Crippen LogP contribution in [0.3, 0.4) is 0 Å². The maximum atomic E-state index is 12.9. The van der Waals surface area contributed by atoms with E-state index in [0.29, 0.717) is 30.2 Å². The SMILES string of the molecule is COc1ccc(CNC(=O)c2ccc3c(c2)N(Cc2ccccc2)C(C)CO3)cc1OC. The Kier molecular flexibility index (Phi) is 6.50. The lowest BCUT2D eigenvalue weighted by molar-refractivity contribution is 0.0950. The van der Waals surface area contributed by atoms with Crippen LogP contribution in [0, 0.1) is 0 Å². The molecular weight excluding hydrogens is 404 g/mol. The summed E-state index contributed by atoms with van der Waals surface area (Å²) in [5.41, 5.74) is 3.68. The highest BCUT2D eigenvalue weighted by Crippen LogP contribution is 2.36. The number of nitrogens with zero attached hydrogens (tertiary/aromatic N) is 1. The predicted molar refractivity (Wildman–Crippen MR) is 125 cm³/mol. The van der Waals surface area contributed by atoms with Gasteiger partial charge >= 0.3 is 0 Å². The number of amides is 1. The molecule has 6 heteroatoms. The standard InChI is InChI=1S/C26H28N2O4/c1-18-17-32-23-12-10-21(14-22(23)28(18)16-19-7-5-4-6-8-19)26(29)27-15-20-9-11-24(30-2)25(13-20)31-3/h4-14,18H,15-17H2,1-3H3,(H,27,29). The van der Waals surface area contributed by atoms with Gasteiger partial charge in [-0.2, -0.15) is 0 Å². The Bertz CT molecular complexity index is 1080. The van der Waals surface area contributed by atoms with Crippen LogP contribution < -0.4 is 24.4 Å². The van der Waals surface area contributed by atoms with Gasteiger partial charge in [0.15, 0.2) is 11.5 Å². The van der Waals surface area contributed by atoms with E-state index in [-0.39, 0.29) is 11.9 Å². The van der Waals surface area contributed by atoms with Gasteiger partial charge in [0.05, 0.1) is 25.9 Å². The third kappa shape index (κ3) is 4.64. The van der Waals surface area contributed by atoms with E-state index in [1.807, 2.05) is 48.5 Å². The zero-order valence-corrected chi connectivity index (χ0v) is 18.6. The molecule has 1 unspecified atom stereocenters. The molecule has 3 aromatic carbocycles. The van der Waals surface area contributed by atoms with Crippen molar-refractivity contribution in [2.45, 2.75) is 26.1 Å². The molecule has 1 aliphatic rings. The van der Waals surface area contributed by atoms with Crippen molar-refractivity contribution in [2.75, 3.05) is 25.7 Å². The largest absolute Gasteiger partial charge is 0.493 e. The number of carbonyl (C=O) groups is 1. The topological polar surface area (TPSA) is 60.0 Å². The van der Waals surface area contributed by atoms with Crippen molar-refractivity contribution in [3.63, 3.8) is 0 Å². The molecule has 166 valence electrons. The fraction of sp³-hybridized carbons (Fsp3) is 0.269. The van der Waals surface area contributed by atoms with Crippen LogP contribution >= 0.6 is 0 Å². The van der Waals surface area contributed by atoms with Crippen molar-refractivity contribution < 1.29 is 19.0 Å². The summed E-state index contributed by atoms with van der Waals surface area (Å²) in [6.07, 6.45) is 0. The first-order chi connectivity index (χ1) is 15.6. The van der Waals surface area contributed by atoms with Crippen LogP contribution in [-0.4, -0.2) is 32.8 Å². The number of ether oxygens (including phenoxy) is 3. The van der Waals surface area contributed by atoms with Crippen LogP contribution in [0.15, 0.2) is 66.7 Å². The normalized spacial score (nSPS) is 14.8. The minimum atomic E-state index is -0.138. The van der Waals surface area contributed by atoms with Gasteiger partial charge in [-0.1, -0.05) is 36.4 Å². The molecule has 1 N–H and O–H groups in total. The molecule has 1 amide bonds. The first-order valence-corrected chi connectivity index (χ1v) is 10.7. The fourth-order valence-corrected chi connectivity index (χ4v) is 3.84. The number of fused-ring (bicyclic) bond motifs is 1. The molecule has 3 aromatic rings. The molecule has 4 rings (SSSR count). The Labute approximate surface area is 188 Å². The lowest BCUT2D eigenvalue weighted by Crippen LogP contribution is -2.40. The molecule has 1 heterocycles. The van der Waals surface area contributed by atoms with Crippen LogP contribution in [0.5, 0.6) is 17.2 Å². The van der Waals surface area contributed by atoms with Crippen molar-refractivity contribution in [1.29, 1.82) is 0 Å². The molecule has 0 aromatic heterocycles. The first-order valence-electron chi connectivity index (χ1n) is 10.7. The molecule has 0 saturated heterocycles. The van der Waals surface area contributed by atoms with Gasteiger partial charge in [0.1, 0.15) is 12.4 Å². The Morgan fingerprint density at radius 2 is 1.78 bits per heavy atom. The number of rotatable bonds is 7. The lowest BCUT2D eigenvalue weighted by atomic mass is 10.1. The molecule has 1 atom stereocenters. The Morgan fingerprint density at radius 3 is 2.53 bits per heavy atom. The van der Waals surface area contributed by atoms with Gasteiger partial charge in [0.2, 0.25) is 0 Å². The minimum absolute atomic E-state index is 0.138. The van der Waals surface area contributed by atoms with Crippen molar-refractivity contribution in [3.05, 3.63) is 83.4 Å². The highest BCUT2D eigenvalue weighted by atomic mass is 16.5. The van der Waals surface area contributed by atoms with E-state index < -0.39 is 0 Å². The van der Waals surface area contributed by atoms with Crippen LogP contribution in [0.4, 0.5) is 5.69 Å². The predicted octanol–water partition coefficient (Wildman–Crippen LogP) is 4.42. The average molecular weight is 433 g/mol. The molecule has 0 fully saturated rings. The van der Waals surface area contributed by atoms with E-state index in [9.17, 15) is 4.79 Å². The summed E-state index contributed by atoms with van der Waals surface area (Å²) in [7, 11) is 3.19. The van der Waals surface area contributed by atoms with Crippen molar-refractivity contribution in [3.8, 4) is 17.2 Å². The number of methoxy groups -OCH3 is 2. The monoisotopic (exact) mass is 432 g/mol. The Balaban J connectivity index is 1.50. The summed E-state index contributed by atoms with van der Waals surface area (Å²) < 4.78 is 16.5. The smallest absolute Gasteiger partial charge is 0.251 e. The van der Waals surface area contributed by atoms with E-state index in [0.717, 1.165) is 23.5 Å². The molecule has 32 heavy (non-hydrogen) atoms. The van der Waals surface area contributed by atoms with Gasteiger partial charge < -0.3 is 24.4 Å². The molecule has 6 nitrogen and oxygen atoms in total. The summed E-state index contributed by atoms with van der Waals surface area (Å²) >= 11 is 0. The number of nitrogens with one attached hydrogen (secondary N) is 1. The van der Waals surface area contributed by atoms with Gasteiger partial charge in [0.25, 0.3) is 5.91 Å². The summed E-state index contributed by atoms with van der Waals surface area (Å²) in [5, 5.41) is 2.99. The summed E-state index contributed by atoms with van der Waals surface area (Å²) in [6, 6.07) is 21.7. The number of anilines is 1. The van der Waals surface area contributed by atoms with Gasteiger partial charge in [-0.15, -0.1) is 0 Å². The van der Waals surface area contributed by atoms with Crippen molar-refractivity contribution >= 4 is 11.6 Å². The van der Waals surface area contributed by atoms with E-state index in [4.69, 9.17) is 14.2 Å². The maximum absolute atomic E-state index is 12.9. The molecule has 0 saturated carbocycles. The highest BCUT2D eigenvalue weighted by molar-refractivity contribution is 5.95. The lowest BCUT2D eigenvalue weighted by Gasteiger charge is -2.37. The highest BCUT2D eigenvalue weighted by Gasteiger charge is 2.25. The third-order valence-electron chi connectivity index (χ3n) is 5.64. The van der Waals surface area contributed by atoms with Gasteiger partial charge in [-0.25, -0.2) is 0 Å². The summed E-state index contributed by atoms with van der Waals surface area (Å²) in [6.45, 7) is 3.90. The second kappa shape index (κ2) is 9.64. The Morgan fingerprint density at radius 1 is 1.00 bits per heavy atom. The quantitative estimate of drug-likeness (QED) is 0.599. The number of hydrogen-bond donors (Lipinski definition) is 1. The van der Waals surface area contributed by atoms with Gasteiger partial charge in [-0.05, 0) is 48.4 Å². The van der Waals surface area contributed by atoms with E-state index in [1.165, 1.54) is 5.56 Å². The average Bonchev–Trinajstić information content (AvgIpc) is 2.84. The number of carbonyl (C=O) groups excluding carboxylic acids is 1. The van der Waals surface area contributed by atoms with E-state index in [2.05, 4.69) is 29.3 Å². The fourth-order valence-electron chi connectivity index (χ4n) is 3.84. The second-order valence-corrected chi connectivity index (χ2v) is 7.83. The molecule has 0 bridgehead atoms. The van der Waals surface area contributed by atoms with Gasteiger partial charge in [-0.3, -0.25) is 4.79 Å². The van der Waals surface area contributed by atoms with Crippen LogP contribution in [0.2, 0.25) is 0 Å². The molecule has 1 aliphatic heterocycles. The van der Waals surface area contributed by atoms with Crippen LogP contribution in [-0.2, 0) is 13.1 Å². The summed E-state index contributed by atoms with van der Waals surface area (Å²) in [5.74, 6) is 1.96. The molecule has 0 spiro atoms. The number of benzene rings is 3. The molecule has 0 aliphatic carbocycles. The zero-order valence-electron chi connectivity index (χ0n) is 18.6. The Hall–Kier alpha value is -3.67. The number of hydrogen-bond acceptors (Lipinski definition) is 5. The second-order valence-electron chi connectivity index (χ2n) is 7.83. The maximum Gasteiger partial charge on any atom is 0.251 e. The minimum Gasteiger partial charge on any atom is -0.493 e. The van der Waals surface area contributed by atoms with Crippen molar-refractivity contribution in [1.82, 2.24) is 5.32 Å². The molecular formula is C26H28N2O4.